The van der Waals surface area contributed by atoms with Crippen molar-refractivity contribution < 1.29 is 4.21 Å². The van der Waals surface area contributed by atoms with E-state index in [-0.39, 0.29) is 0 Å². The fourth-order valence-electron chi connectivity index (χ4n) is 0.764. The molecule has 0 unspecified atom stereocenters. The van der Waals surface area contributed by atoms with Gasteiger partial charge in [0.1, 0.15) is 0 Å². The van der Waals surface area contributed by atoms with Crippen molar-refractivity contribution in [2.75, 3.05) is 0 Å². The molecule has 1 rings (SSSR count). The molecule has 1 N–H and O–H groups in total. The highest BCUT2D eigenvalue weighted by molar-refractivity contribution is 7.73. The Morgan fingerprint density at radius 1 is 1.40 bits per heavy atom. The van der Waals surface area contributed by atoms with Crippen LogP contribution in [0.1, 0.15) is 5.56 Å². The van der Waals surface area contributed by atoms with Gasteiger partial charge >= 0.3 is 0 Å². The molecule has 0 saturated carbocycles. The minimum Gasteiger partial charge on any atom is -0.440 e. The predicted octanol–water partition coefficient (Wildman–Crippen LogP) is 2.08. The lowest BCUT2D eigenvalue weighted by Crippen LogP contribution is -1.81. The quantitative estimate of drug-likeness (QED) is 0.618. The minimum absolute atomic E-state index is 0.600. The molecule has 0 aromatic heterocycles. The third-order valence-electron chi connectivity index (χ3n) is 1.29. The fourth-order valence-corrected chi connectivity index (χ4v) is 1.33. The molecule has 10 heavy (non-hydrogen) atoms. The number of aryl methyl sites for hydroxylation is 1. The zero-order valence-corrected chi connectivity index (χ0v) is 6.44. The molecule has 1 aromatic rings. The average Bonchev–Trinajstić information content (AvgIpc) is 1.88. The van der Waals surface area contributed by atoms with E-state index in [1.807, 2.05) is 19.1 Å². The van der Waals surface area contributed by atoms with Crippen molar-refractivity contribution in [3.8, 4) is 0 Å². The highest BCUT2D eigenvalue weighted by Crippen LogP contribution is 2.07. The summed E-state index contributed by atoms with van der Waals surface area (Å²) in [5.41, 5.74) is 0.913. The number of benzene rings is 1. The van der Waals surface area contributed by atoms with Crippen molar-refractivity contribution in [2.45, 2.75) is 11.8 Å². The fraction of sp³-hybridized carbons (Fsp3) is 0.143. The first-order valence-corrected chi connectivity index (χ1v) is 4.05. The summed E-state index contributed by atoms with van der Waals surface area (Å²) in [6.45, 7) is 1.85. The molecule has 0 spiro atoms. The Morgan fingerprint density at radius 3 is 2.40 bits per heavy atom. The largest absolute Gasteiger partial charge is 0.440 e. The first-order valence-electron chi connectivity index (χ1n) is 2.90. The Labute approximate surface area is 61.9 Å². The van der Waals surface area contributed by atoms with Crippen LogP contribution >= 0.6 is 0 Å². The number of nitrogens with one attached hydrogen (secondary N) is 1. The summed E-state index contributed by atoms with van der Waals surface area (Å²) in [5.74, 6) is 0. The zero-order chi connectivity index (χ0) is 7.56. The van der Waals surface area contributed by atoms with E-state index in [2.05, 4.69) is 0 Å². The molecule has 0 amide bonds. The Kier molecular flexibility index (Phi) is 2.06. The van der Waals surface area contributed by atoms with Gasteiger partial charge in [-0.2, -0.15) is 10.6 Å². The smallest absolute Gasteiger partial charge is 0.0412 e. The zero-order valence-electron chi connectivity index (χ0n) is 5.63. The molecule has 0 saturated heterocycles. The molecule has 0 aliphatic rings. The van der Waals surface area contributed by atoms with Crippen molar-refractivity contribution in [2.24, 2.45) is 0 Å². The van der Waals surface area contributed by atoms with Crippen molar-refractivity contribution in [3.05, 3.63) is 29.8 Å². The van der Waals surface area contributed by atoms with E-state index >= 15 is 0 Å². The van der Waals surface area contributed by atoms with E-state index in [0.29, 0.717) is 4.90 Å². The highest BCUT2D eigenvalue weighted by Gasteiger charge is 1.84. The van der Waals surface area contributed by atoms with Gasteiger partial charge in [0.15, 0.2) is 0 Å². The maximum Gasteiger partial charge on any atom is -0.0412 e. The minimum atomic E-state index is -1.59. The molecule has 54 valence electrons. The van der Waals surface area contributed by atoms with Gasteiger partial charge in [-0.15, -0.1) is 0 Å². The van der Waals surface area contributed by atoms with Crippen LogP contribution in [0.15, 0.2) is 29.2 Å². The van der Waals surface area contributed by atoms with Crippen molar-refractivity contribution >= 4 is 10.6 Å². The van der Waals surface area contributed by atoms with Gasteiger partial charge in [-0.05, 0) is 6.92 Å². The summed E-state index contributed by atoms with van der Waals surface area (Å²) in [7, 11) is -1.59. The maximum atomic E-state index is 10.6. The van der Waals surface area contributed by atoms with Gasteiger partial charge in [-0.25, -0.2) is 0 Å². The molecule has 0 radical (unpaired) electrons. The maximum absolute atomic E-state index is 10.6. The van der Waals surface area contributed by atoms with Gasteiger partial charge in [-0.1, -0.05) is 34.7 Å². The second kappa shape index (κ2) is 2.84. The second-order valence-electron chi connectivity index (χ2n) is 2.03. The first-order chi connectivity index (χ1) is 4.72. The molecule has 0 aliphatic heterocycles. The van der Waals surface area contributed by atoms with Crippen LogP contribution in [0.4, 0.5) is 0 Å². The lowest BCUT2D eigenvalue weighted by atomic mass is 10.2. The van der Waals surface area contributed by atoms with E-state index in [1.54, 1.807) is 12.1 Å². The van der Waals surface area contributed by atoms with Crippen molar-refractivity contribution in [1.82, 2.24) is 0 Å². The molecule has 0 atom stereocenters. The van der Waals surface area contributed by atoms with Gasteiger partial charge in [0.2, 0.25) is 0 Å². The summed E-state index contributed by atoms with van der Waals surface area (Å²) in [6, 6.07) is 7.21. The van der Waals surface area contributed by atoms with Gasteiger partial charge in [0.25, 0.3) is 0 Å². The van der Waals surface area contributed by atoms with Gasteiger partial charge in [0, 0.05) is 0 Å². The molecule has 2 nitrogen and oxygen atoms in total. The van der Waals surface area contributed by atoms with E-state index in [4.69, 9.17) is 4.78 Å². The molecular formula is C7H8NOS-. The SMILES string of the molecule is Cc1ccccc1[S-](=N)=O. The van der Waals surface area contributed by atoms with Gasteiger partial charge in [-0.3, -0.25) is 0 Å². The predicted molar refractivity (Wildman–Crippen MR) is 40.2 cm³/mol. The summed E-state index contributed by atoms with van der Waals surface area (Å²) in [5, 5.41) is 0. The third kappa shape index (κ3) is 1.36. The van der Waals surface area contributed by atoms with Crippen LogP contribution in [0.25, 0.3) is 0 Å². The van der Waals surface area contributed by atoms with Crippen molar-refractivity contribution in [1.29, 1.82) is 4.78 Å². The molecule has 0 heterocycles. The Morgan fingerprint density at radius 2 is 2.00 bits per heavy atom. The Balaban J connectivity index is 3.28. The van der Waals surface area contributed by atoms with Gasteiger partial charge < -0.3 is 8.99 Å². The first kappa shape index (κ1) is 7.28. The number of hydrogen-bond donors (Lipinski definition) is 1. The lowest BCUT2D eigenvalue weighted by molar-refractivity contribution is 0.598. The van der Waals surface area contributed by atoms with Crippen LogP contribution in [-0.2, 0) is 14.8 Å². The molecule has 0 fully saturated rings. The highest BCUT2D eigenvalue weighted by atomic mass is 32.2. The molecule has 0 bridgehead atoms. The average molecular weight is 154 g/mol. The lowest BCUT2D eigenvalue weighted by Gasteiger charge is -2.04. The van der Waals surface area contributed by atoms with Gasteiger partial charge in [0.05, 0.1) is 0 Å². The van der Waals surface area contributed by atoms with Crippen LogP contribution < -0.4 is 0 Å². The molecular weight excluding hydrogens is 146 g/mol. The summed E-state index contributed by atoms with van der Waals surface area (Å²) >= 11 is 0. The Hall–Kier alpha value is -0.830. The van der Waals surface area contributed by atoms with E-state index in [9.17, 15) is 4.21 Å². The van der Waals surface area contributed by atoms with E-state index in [0.717, 1.165) is 5.56 Å². The van der Waals surface area contributed by atoms with E-state index < -0.39 is 10.6 Å². The molecule has 0 aliphatic carbocycles. The number of hydrogen-bond acceptors (Lipinski definition) is 3. The Bertz CT molecular complexity index is 296. The van der Waals surface area contributed by atoms with Crippen LogP contribution in [-0.4, -0.2) is 0 Å². The summed E-state index contributed by atoms with van der Waals surface area (Å²) in [4.78, 5) is 0.600. The number of rotatable bonds is 1. The van der Waals surface area contributed by atoms with Crippen LogP contribution in [0, 0.1) is 11.7 Å². The monoisotopic (exact) mass is 154 g/mol. The van der Waals surface area contributed by atoms with Crippen LogP contribution in [0.2, 0.25) is 0 Å². The van der Waals surface area contributed by atoms with Crippen LogP contribution in [0.3, 0.4) is 0 Å². The van der Waals surface area contributed by atoms with E-state index in [1.165, 1.54) is 0 Å². The molecule has 1 aromatic carbocycles. The summed E-state index contributed by atoms with van der Waals surface area (Å²) in [6.07, 6.45) is 0. The third-order valence-corrected chi connectivity index (χ3v) is 2.15. The van der Waals surface area contributed by atoms with Crippen LogP contribution in [0.5, 0.6) is 0 Å². The normalized spacial score (nSPS) is 10.2. The standard InChI is InChI=1S/C7H8NOS/c1-6-4-2-3-5-7(6)10(8)9/h2-5,8H,1H3/q-1. The molecule has 3 heteroatoms. The summed E-state index contributed by atoms with van der Waals surface area (Å²) < 4.78 is 17.6. The second-order valence-corrected chi connectivity index (χ2v) is 3.01. The topological polar surface area (TPSA) is 40.9 Å². The van der Waals surface area contributed by atoms with Crippen molar-refractivity contribution in [3.63, 3.8) is 0 Å².